The van der Waals surface area contributed by atoms with Gasteiger partial charge < -0.3 is 5.11 Å². The van der Waals surface area contributed by atoms with Crippen LogP contribution in [0.1, 0.15) is 22.8 Å². The van der Waals surface area contributed by atoms with E-state index in [2.05, 4.69) is 10.5 Å². The van der Waals surface area contributed by atoms with Crippen molar-refractivity contribution in [2.45, 2.75) is 6.92 Å². The fraction of sp³-hybridized carbons (Fsp3) is 0.0667. The summed E-state index contributed by atoms with van der Waals surface area (Å²) in [6.07, 6.45) is 0. The van der Waals surface area contributed by atoms with Gasteiger partial charge in [0.1, 0.15) is 5.75 Å². The molecule has 0 bridgehead atoms. The van der Waals surface area contributed by atoms with Gasteiger partial charge in [0.25, 0.3) is 5.91 Å². The van der Waals surface area contributed by atoms with Crippen molar-refractivity contribution >= 4 is 34.8 Å². The molecule has 1 amide bonds. The number of aromatic hydroxyl groups is 1. The average molecular weight is 323 g/mol. The molecule has 2 rings (SSSR count). The number of hydrogen-bond donors (Lipinski definition) is 2. The predicted molar refractivity (Wildman–Crippen MR) is 84.2 cm³/mol. The molecule has 0 spiro atoms. The zero-order valence-corrected chi connectivity index (χ0v) is 12.6. The van der Waals surface area contributed by atoms with E-state index in [1.807, 2.05) is 0 Å². The predicted octanol–water partition coefficient (Wildman–Crippen LogP) is 3.85. The first-order valence-corrected chi connectivity index (χ1v) is 6.82. The zero-order valence-electron chi connectivity index (χ0n) is 11.1. The van der Waals surface area contributed by atoms with E-state index in [0.29, 0.717) is 16.3 Å². The highest BCUT2D eigenvalue weighted by atomic mass is 35.5. The van der Waals surface area contributed by atoms with Crippen LogP contribution in [0.25, 0.3) is 0 Å². The first kappa shape index (κ1) is 15.4. The summed E-state index contributed by atoms with van der Waals surface area (Å²) in [6, 6.07) is 11.1. The zero-order chi connectivity index (χ0) is 15.4. The number of amides is 1. The molecule has 0 aliphatic rings. The van der Waals surface area contributed by atoms with Crippen LogP contribution in [-0.2, 0) is 0 Å². The highest BCUT2D eigenvalue weighted by Crippen LogP contribution is 2.20. The summed E-state index contributed by atoms with van der Waals surface area (Å²) < 4.78 is 0. The summed E-state index contributed by atoms with van der Waals surface area (Å²) in [7, 11) is 0. The van der Waals surface area contributed by atoms with E-state index in [9.17, 15) is 9.90 Å². The molecular formula is C15H12Cl2N2O2. The van der Waals surface area contributed by atoms with Gasteiger partial charge in [-0.15, -0.1) is 0 Å². The Kier molecular flexibility index (Phi) is 4.83. The van der Waals surface area contributed by atoms with E-state index in [0.717, 1.165) is 5.56 Å². The largest absolute Gasteiger partial charge is 0.508 e. The van der Waals surface area contributed by atoms with Crippen LogP contribution in [0.2, 0.25) is 10.0 Å². The molecule has 21 heavy (non-hydrogen) atoms. The number of phenolic OH excluding ortho intramolecular Hbond substituents is 1. The van der Waals surface area contributed by atoms with Gasteiger partial charge >= 0.3 is 0 Å². The monoisotopic (exact) mass is 322 g/mol. The summed E-state index contributed by atoms with van der Waals surface area (Å²) in [4.78, 5) is 12.0. The van der Waals surface area contributed by atoms with E-state index in [1.54, 1.807) is 37.3 Å². The third kappa shape index (κ3) is 3.97. The number of carbonyl (C=O) groups excluding carboxylic acids is 1. The molecule has 0 radical (unpaired) electrons. The normalized spacial score (nSPS) is 11.3. The summed E-state index contributed by atoms with van der Waals surface area (Å²) in [5.41, 5.74) is 4.12. The van der Waals surface area contributed by atoms with Crippen molar-refractivity contribution in [1.82, 2.24) is 5.43 Å². The number of nitrogens with one attached hydrogen (secondary N) is 1. The fourth-order valence-corrected chi connectivity index (χ4v) is 2.13. The number of phenols is 1. The van der Waals surface area contributed by atoms with Crippen LogP contribution >= 0.6 is 23.2 Å². The van der Waals surface area contributed by atoms with E-state index in [-0.39, 0.29) is 10.8 Å². The van der Waals surface area contributed by atoms with Crippen molar-refractivity contribution in [2.24, 2.45) is 5.10 Å². The van der Waals surface area contributed by atoms with Crippen LogP contribution in [0, 0.1) is 0 Å². The Hall–Kier alpha value is -2.04. The highest BCUT2D eigenvalue weighted by Gasteiger charge is 2.10. The van der Waals surface area contributed by atoms with E-state index >= 15 is 0 Å². The molecule has 0 aliphatic carbocycles. The lowest BCUT2D eigenvalue weighted by molar-refractivity contribution is 0.0955. The molecule has 0 atom stereocenters. The minimum absolute atomic E-state index is 0.170. The summed E-state index contributed by atoms with van der Waals surface area (Å²) in [5, 5.41) is 14.0. The van der Waals surface area contributed by atoms with Crippen molar-refractivity contribution in [2.75, 3.05) is 0 Å². The smallest absolute Gasteiger partial charge is 0.272 e. The molecule has 6 heteroatoms. The van der Waals surface area contributed by atoms with Gasteiger partial charge in [0.2, 0.25) is 0 Å². The lowest BCUT2D eigenvalue weighted by Crippen LogP contribution is -2.19. The maximum atomic E-state index is 12.0. The van der Waals surface area contributed by atoms with Gasteiger partial charge in [-0.05, 0) is 55.0 Å². The molecule has 0 aromatic heterocycles. The van der Waals surface area contributed by atoms with Crippen LogP contribution in [0.3, 0.4) is 0 Å². The number of benzene rings is 2. The lowest BCUT2D eigenvalue weighted by atomic mass is 10.1. The summed E-state index contributed by atoms with van der Waals surface area (Å²) >= 11 is 11.7. The minimum atomic E-state index is -0.421. The van der Waals surface area contributed by atoms with Crippen molar-refractivity contribution in [3.05, 3.63) is 63.6 Å². The van der Waals surface area contributed by atoms with Crippen molar-refractivity contribution < 1.29 is 9.90 Å². The van der Waals surface area contributed by atoms with E-state index < -0.39 is 5.91 Å². The second-order valence-corrected chi connectivity index (χ2v) is 5.15. The van der Waals surface area contributed by atoms with Gasteiger partial charge in [0, 0.05) is 5.02 Å². The summed E-state index contributed by atoms with van der Waals surface area (Å²) in [5.74, 6) is -0.252. The first-order chi connectivity index (χ1) is 9.97. The van der Waals surface area contributed by atoms with Crippen LogP contribution in [0.5, 0.6) is 5.75 Å². The maximum absolute atomic E-state index is 12.0. The number of hydrazone groups is 1. The minimum Gasteiger partial charge on any atom is -0.508 e. The standard InChI is InChI=1S/C15H12Cl2N2O2/c1-9(10-2-5-12(20)6-3-10)18-19-15(21)13-7-4-11(16)8-14(13)17/h2-8,20H,1H3,(H,19,21)/b18-9-. The highest BCUT2D eigenvalue weighted by molar-refractivity contribution is 6.36. The Balaban J connectivity index is 2.12. The fourth-order valence-electron chi connectivity index (χ4n) is 1.64. The SMILES string of the molecule is C/C(=N/NC(=O)c1ccc(Cl)cc1Cl)c1ccc(O)cc1. The van der Waals surface area contributed by atoms with Crippen LogP contribution in [0.15, 0.2) is 47.6 Å². The molecule has 2 N–H and O–H groups in total. The topological polar surface area (TPSA) is 61.7 Å². The Labute approximate surface area is 132 Å². The molecule has 2 aromatic rings. The number of hydrogen-bond acceptors (Lipinski definition) is 3. The molecule has 0 unspecified atom stereocenters. The van der Waals surface area contributed by atoms with Crippen molar-refractivity contribution in [3.63, 3.8) is 0 Å². The van der Waals surface area contributed by atoms with Crippen LogP contribution in [0.4, 0.5) is 0 Å². The number of carbonyl (C=O) groups is 1. The van der Waals surface area contributed by atoms with Gasteiger partial charge in [-0.25, -0.2) is 5.43 Å². The molecule has 0 saturated carbocycles. The van der Waals surface area contributed by atoms with Crippen molar-refractivity contribution in [1.29, 1.82) is 0 Å². The first-order valence-electron chi connectivity index (χ1n) is 6.06. The van der Waals surface area contributed by atoms with Gasteiger partial charge in [-0.3, -0.25) is 4.79 Å². The summed E-state index contributed by atoms with van der Waals surface area (Å²) in [6.45, 7) is 1.75. The molecule has 0 saturated heterocycles. The van der Waals surface area contributed by atoms with E-state index in [4.69, 9.17) is 23.2 Å². The second-order valence-electron chi connectivity index (χ2n) is 4.31. The molecule has 0 fully saturated rings. The Bertz CT molecular complexity index is 697. The van der Waals surface area contributed by atoms with Gasteiger partial charge in [-0.2, -0.15) is 5.10 Å². The third-order valence-corrected chi connectivity index (χ3v) is 3.33. The molecule has 4 nitrogen and oxygen atoms in total. The van der Waals surface area contributed by atoms with Crippen LogP contribution in [-0.4, -0.2) is 16.7 Å². The molecular weight excluding hydrogens is 311 g/mol. The van der Waals surface area contributed by atoms with Gasteiger partial charge in [0.15, 0.2) is 0 Å². The van der Waals surface area contributed by atoms with E-state index in [1.165, 1.54) is 12.1 Å². The quantitative estimate of drug-likeness (QED) is 0.666. The van der Waals surface area contributed by atoms with Crippen LogP contribution < -0.4 is 5.43 Å². The second kappa shape index (κ2) is 6.61. The molecule has 2 aromatic carbocycles. The van der Waals surface area contributed by atoms with Gasteiger partial charge in [0.05, 0.1) is 16.3 Å². The number of nitrogens with zero attached hydrogens (tertiary/aromatic N) is 1. The Morgan fingerprint density at radius 1 is 1.14 bits per heavy atom. The lowest BCUT2D eigenvalue weighted by Gasteiger charge is -2.05. The number of rotatable bonds is 3. The molecule has 108 valence electrons. The Morgan fingerprint density at radius 2 is 1.81 bits per heavy atom. The van der Waals surface area contributed by atoms with Crippen molar-refractivity contribution in [3.8, 4) is 5.75 Å². The van der Waals surface area contributed by atoms with Gasteiger partial charge in [-0.1, -0.05) is 23.2 Å². The maximum Gasteiger partial charge on any atom is 0.272 e. The Morgan fingerprint density at radius 3 is 2.43 bits per heavy atom. The third-order valence-electron chi connectivity index (χ3n) is 2.79. The number of halogens is 2. The molecule has 0 aliphatic heterocycles. The average Bonchev–Trinajstić information content (AvgIpc) is 2.45. The molecule has 0 heterocycles.